The van der Waals surface area contributed by atoms with Crippen molar-refractivity contribution < 1.29 is 28.6 Å². The van der Waals surface area contributed by atoms with E-state index in [0.717, 1.165) is 84.2 Å². The molecule has 5 aromatic rings. The van der Waals surface area contributed by atoms with Crippen molar-refractivity contribution in [3.05, 3.63) is 166 Å². The smallest absolute Gasteiger partial charge is 0.334 e. The second-order valence-corrected chi connectivity index (χ2v) is 14.6. The van der Waals surface area contributed by atoms with Crippen LogP contribution in [0.1, 0.15) is 54.8 Å². The fourth-order valence-corrected chi connectivity index (χ4v) is 7.33. The molecular weight excluding hydrogens is 715 g/mol. The summed E-state index contributed by atoms with van der Waals surface area (Å²) in [6, 6.07) is 38.6. The van der Waals surface area contributed by atoms with Crippen LogP contribution in [0, 0.1) is 6.92 Å². The summed E-state index contributed by atoms with van der Waals surface area (Å²) in [6.07, 6.45) is 2.62. The van der Waals surface area contributed by atoms with Crippen LogP contribution < -0.4 is 4.74 Å². The second-order valence-electron chi connectivity index (χ2n) is 14.6. The maximum absolute atomic E-state index is 11.9. The highest BCUT2D eigenvalue weighted by Crippen LogP contribution is 2.26. The molecular formula is C48H53N3O6. The zero-order chi connectivity index (χ0) is 40.0. The van der Waals surface area contributed by atoms with Crippen LogP contribution in [0.25, 0.3) is 11.5 Å². The predicted molar refractivity (Wildman–Crippen MR) is 223 cm³/mol. The number of carboxylic acids is 1. The Hall–Kier alpha value is -5.77. The van der Waals surface area contributed by atoms with E-state index in [1.54, 1.807) is 0 Å². The van der Waals surface area contributed by atoms with Crippen LogP contribution in [0.5, 0.6) is 5.75 Å². The van der Waals surface area contributed by atoms with Gasteiger partial charge in [0.05, 0.1) is 18.9 Å². The average Bonchev–Trinajstić information content (AvgIpc) is 3.60. The maximum atomic E-state index is 11.9. The Morgan fingerprint density at radius 1 is 0.737 bits per heavy atom. The number of oxazole rings is 1. The fraction of sp³-hybridized carbons (Fsp3) is 0.312. The first-order valence-corrected chi connectivity index (χ1v) is 19.8. The Morgan fingerprint density at radius 2 is 1.32 bits per heavy atom. The molecule has 0 radical (unpaired) electrons. The normalized spacial score (nSPS) is 14.9. The van der Waals surface area contributed by atoms with Gasteiger partial charge in [0, 0.05) is 62.4 Å². The first kappa shape index (κ1) is 40.9. The van der Waals surface area contributed by atoms with E-state index in [1.165, 1.54) is 11.1 Å². The number of carbonyl (C=O) groups excluding carboxylic acids is 1. The van der Waals surface area contributed by atoms with Crippen LogP contribution in [0.3, 0.4) is 0 Å². The van der Waals surface area contributed by atoms with E-state index in [1.807, 2.05) is 99.6 Å². The van der Waals surface area contributed by atoms with Gasteiger partial charge in [-0.15, -0.1) is 0 Å². The monoisotopic (exact) mass is 767 g/mol. The van der Waals surface area contributed by atoms with E-state index in [-0.39, 0.29) is 5.97 Å². The van der Waals surface area contributed by atoms with Crippen molar-refractivity contribution in [2.75, 3.05) is 39.4 Å². The van der Waals surface area contributed by atoms with E-state index in [0.29, 0.717) is 50.5 Å². The van der Waals surface area contributed by atoms with E-state index in [9.17, 15) is 14.7 Å². The van der Waals surface area contributed by atoms with Crippen LogP contribution in [-0.4, -0.2) is 71.2 Å². The van der Waals surface area contributed by atoms with Crippen molar-refractivity contribution >= 4 is 11.9 Å². The molecule has 3 heterocycles. The summed E-state index contributed by atoms with van der Waals surface area (Å²) in [5.41, 5.74) is 9.02. The summed E-state index contributed by atoms with van der Waals surface area (Å²) in [6.45, 7) is 11.7. The Balaban J connectivity index is 0.000000242. The lowest BCUT2D eigenvalue weighted by Crippen LogP contribution is -2.33. The Labute approximate surface area is 336 Å². The lowest BCUT2D eigenvalue weighted by molar-refractivity contribution is -0.139. The minimum Gasteiger partial charge on any atom is -0.493 e. The number of nitrogens with zero attached hydrogens (tertiary/aromatic N) is 3. The van der Waals surface area contributed by atoms with Crippen LogP contribution in [-0.2, 0) is 40.3 Å². The quantitative estimate of drug-likeness (QED) is 0.111. The molecule has 9 heteroatoms. The summed E-state index contributed by atoms with van der Waals surface area (Å²) in [7, 11) is 0. The number of esters is 1. The molecule has 0 saturated heterocycles. The number of hydrogen-bond acceptors (Lipinski definition) is 8. The SMILES string of the molecule is CCOC(=O)C1=C(C)CN(Cc2ccccc2)CC1.Cc1oc(-c2ccccc2)nc1CCOc1ccc(CC2=C(C(=O)O)CCN(Cc3ccccc3)C2)cc1. The van der Waals surface area contributed by atoms with Gasteiger partial charge >= 0.3 is 11.9 Å². The first-order chi connectivity index (χ1) is 27.7. The van der Waals surface area contributed by atoms with Crippen molar-refractivity contribution in [2.45, 2.75) is 59.5 Å². The molecule has 1 N–H and O–H groups in total. The third-order valence-corrected chi connectivity index (χ3v) is 10.3. The van der Waals surface area contributed by atoms with Gasteiger partial charge in [0.2, 0.25) is 5.89 Å². The summed E-state index contributed by atoms with van der Waals surface area (Å²) < 4.78 is 16.9. The van der Waals surface area contributed by atoms with Gasteiger partial charge < -0.3 is 19.0 Å². The van der Waals surface area contributed by atoms with Gasteiger partial charge in [-0.3, -0.25) is 9.80 Å². The van der Waals surface area contributed by atoms with Crippen molar-refractivity contribution in [3.63, 3.8) is 0 Å². The predicted octanol–water partition coefficient (Wildman–Crippen LogP) is 8.87. The fourth-order valence-electron chi connectivity index (χ4n) is 7.33. The van der Waals surface area contributed by atoms with Crippen molar-refractivity contribution in [3.8, 4) is 17.2 Å². The third kappa shape index (κ3) is 11.9. The molecule has 0 amide bonds. The number of carbonyl (C=O) groups is 2. The number of ether oxygens (including phenoxy) is 2. The standard InChI is InChI=1S/C32H32N2O4.C16H21NO2/c1-23-30(33-31(38-23)26-10-6-3-7-11-26)17-19-37-28-14-12-24(13-15-28)20-27-22-34(18-16-29(27)32(35)36)21-25-8-4-2-5-9-25;1-3-19-16(18)15-9-10-17(11-13(15)2)12-14-7-5-4-6-8-14/h2-15H,16-22H2,1H3,(H,35,36);4-8H,3,9-12H2,1-2H3. The third-order valence-electron chi connectivity index (χ3n) is 10.3. The number of rotatable bonds is 14. The van der Waals surface area contributed by atoms with Gasteiger partial charge in [-0.25, -0.2) is 14.6 Å². The number of aryl methyl sites for hydroxylation is 1. The number of aromatic nitrogens is 1. The van der Waals surface area contributed by atoms with E-state index >= 15 is 0 Å². The van der Waals surface area contributed by atoms with Crippen LogP contribution in [0.2, 0.25) is 0 Å². The average molecular weight is 768 g/mol. The van der Waals surface area contributed by atoms with Crippen LogP contribution in [0.4, 0.5) is 0 Å². The van der Waals surface area contributed by atoms with Crippen molar-refractivity contribution in [1.29, 1.82) is 0 Å². The van der Waals surface area contributed by atoms with Crippen molar-refractivity contribution in [2.24, 2.45) is 0 Å². The molecule has 0 unspecified atom stereocenters. The molecule has 0 saturated carbocycles. The van der Waals surface area contributed by atoms with Crippen LogP contribution >= 0.6 is 0 Å². The molecule has 7 rings (SSSR count). The first-order valence-electron chi connectivity index (χ1n) is 19.8. The molecule has 0 atom stereocenters. The summed E-state index contributed by atoms with van der Waals surface area (Å²) in [5.74, 6) is 1.26. The molecule has 0 spiro atoms. The topological polar surface area (TPSA) is 105 Å². The zero-order valence-electron chi connectivity index (χ0n) is 33.3. The number of aliphatic carboxylic acids is 1. The molecule has 1 aromatic heterocycles. The van der Waals surface area contributed by atoms with E-state index in [4.69, 9.17) is 13.9 Å². The lowest BCUT2D eigenvalue weighted by Gasteiger charge is -2.30. The lowest BCUT2D eigenvalue weighted by atomic mass is 9.94. The van der Waals surface area contributed by atoms with E-state index in [2.05, 4.69) is 51.2 Å². The summed E-state index contributed by atoms with van der Waals surface area (Å²) >= 11 is 0. The highest BCUT2D eigenvalue weighted by molar-refractivity contribution is 5.89. The molecule has 0 bridgehead atoms. The van der Waals surface area contributed by atoms with E-state index < -0.39 is 5.97 Å². The summed E-state index contributed by atoms with van der Waals surface area (Å²) in [5, 5.41) is 9.78. The second kappa shape index (κ2) is 20.4. The molecule has 0 fully saturated rings. The minimum absolute atomic E-state index is 0.139. The molecule has 0 aliphatic carbocycles. The zero-order valence-corrected chi connectivity index (χ0v) is 33.3. The number of benzene rings is 4. The minimum atomic E-state index is -0.808. The van der Waals surface area contributed by atoms with Gasteiger partial charge in [-0.1, -0.05) is 91.0 Å². The summed E-state index contributed by atoms with van der Waals surface area (Å²) in [4.78, 5) is 33.0. The largest absolute Gasteiger partial charge is 0.493 e. The molecule has 4 aromatic carbocycles. The molecule has 2 aliphatic rings. The molecule has 9 nitrogen and oxygen atoms in total. The highest BCUT2D eigenvalue weighted by Gasteiger charge is 2.24. The van der Waals surface area contributed by atoms with Gasteiger partial charge in [-0.05, 0) is 92.1 Å². The Kier molecular flexibility index (Phi) is 14.6. The number of hydrogen-bond donors (Lipinski definition) is 1. The van der Waals surface area contributed by atoms with Gasteiger partial charge in [0.25, 0.3) is 0 Å². The molecule has 2 aliphatic heterocycles. The molecule has 57 heavy (non-hydrogen) atoms. The molecule has 296 valence electrons. The Morgan fingerprint density at radius 3 is 1.89 bits per heavy atom. The van der Waals surface area contributed by atoms with Gasteiger partial charge in [0.15, 0.2) is 0 Å². The number of carboxylic acid groups (broad SMARTS) is 1. The maximum Gasteiger partial charge on any atom is 0.334 e. The Bertz CT molecular complexity index is 2130. The van der Waals surface area contributed by atoms with Crippen molar-refractivity contribution in [1.82, 2.24) is 14.8 Å². The van der Waals surface area contributed by atoms with Gasteiger partial charge in [-0.2, -0.15) is 0 Å². The highest BCUT2D eigenvalue weighted by atomic mass is 16.5. The van der Waals surface area contributed by atoms with Crippen LogP contribution in [0.15, 0.2) is 142 Å². The van der Waals surface area contributed by atoms with Gasteiger partial charge in [0.1, 0.15) is 11.5 Å².